The quantitative estimate of drug-likeness (QED) is 0.771. The molecule has 0 saturated carbocycles. The van der Waals surface area contributed by atoms with Crippen LogP contribution in [-0.2, 0) is 17.8 Å². The first-order valence-electron chi connectivity index (χ1n) is 5.69. The summed E-state index contributed by atoms with van der Waals surface area (Å²) >= 11 is 0. The monoisotopic (exact) mass is 215 g/mol. The van der Waals surface area contributed by atoms with Gasteiger partial charge in [0.25, 0.3) is 0 Å². The zero-order chi connectivity index (χ0) is 11.7. The van der Waals surface area contributed by atoms with E-state index in [1.165, 1.54) is 16.5 Å². The topological polar surface area (TPSA) is 22.0 Å². The Kier molecular flexibility index (Phi) is 2.82. The summed E-state index contributed by atoms with van der Waals surface area (Å²) in [6, 6.07) is 6.48. The van der Waals surface area contributed by atoms with Crippen LogP contribution in [0.3, 0.4) is 0 Å². The number of Topliss-reactive ketones (excluding diaryl/α,β-unsaturated/α-hetero) is 1. The van der Waals surface area contributed by atoms with E-state index in [9.17, 15) is 4.79 Å². The van der Waals surface area contributed by atoms with E-state index < -0.39 is 0 Å². The van der Waals surface area contributed by atoms with Crippen molar-refractivity contribution < 1.29 is 4.79 Å². The maximum absolute atomic E-state index is 11.2. The fourth-order valence-electron chi connectivity index (χ4n) is 2.15. The number of aromatic nitrogens is 1. The van der Waals surface area contributed by atoms with E-state index in [1.54, 1.807) is 6.92 Å². The summed E-state index contributed by atoms with van der Waals surface area (Å²) in [5.74, 6) is 0.191. The van der Waals surface area contributed by atoms with Gasteiger partial charge < -0.3 is 4.57 Å². The summed E-state index contributed by atoms with van der Waals surface area (Å²) in [5.41, 5.74) is 3.85. The number of rotatable bonds is 3. The number of hydrogen-bond acceptors (Lipinski definition) is 1. The summed E-state index contributed by atoms with van der Waals surface area (Å²) in [6.45, 7) is 6.39. The Labute approximate surface area is 95.9 Å². The van der Waals surface area contributed by atoms with Crippen LogP contribution in [0.2, 0.25) is 0 Å². The van der Waals surface area contributed by atoms with Crippen LogP contribution < -0.4 is 0 Å². The van der Waals surface area contributed by atoms with Crippen LogP contribution in [0.4, 0.5) is 0 Å². The molecule has 1 aromatic carbocycles. The fraction of sp³-hybridized carbons (Fsp3) is 0.357. The second-order valence-electron chi connectivity index (χ2n) is 4.34. The van der Waals surface area contributed by atoms with E-state index in [2.05, 4.69) is 32.0 Å². The average molecular weight is 215 g/mol. The molecule has 2 rings (SSSR count). The molecular formula is C14H17NO. The van der Waals surface area contributed by atoms with Gasteiger partial charge in [0.15, 0.2) is 0 Å². The highest BCUT2D eigenvalue weighted by molar-refractivity contribution is 5.84. The number of aryl methyl sites for hydroxylation is 2. The predicted molar refractivity (Wildman–Crippen MR) is 66.7 cm³/mol. The Morgan fingerprint density at radius 1 is 1.38 bits per heavy atom. The van der Waals surface area contributed by atoms with E-state index in [0.29, 0.717) is 6.54 Å². The molecular weight excluding hydrogens is 198 g/mol. The summed E-state index contributed by atoms with van der Waals surface area (Å²) < 4.78 is 2.02. The summed E-state index contributed by atoms with van der Waals surface area (Å²) in [7, 11) is 0. The standard InChI is InChI=1S/C14H17NO/c1-4-12-8-14-13(7-10(12)2)5-6-15(14)9-11(3)16/h5-8H,4,9H2,1-3H3. The Balaban J connectivity index is 2.57. The number of carbonyl (C=O) groups is 1. The molecule has 0 saturated heterocycles. The molecule has 0 unspecified atom stereocenters. The fourth-order valence-corrected chi connectivity index (χ4v) is 2.15. The van der Waals surface area contributed by atoms with E-state index >= 15 is 0 Å². The Morgan fingerprint density at radius 2 is 2.12 bits per heavy atom. The Bertz CT molecular complexity index is 537. The summed E-state index contributed by atoms with van der Waals surface area (Å²) in [6.07, 6.45) is 3.03. The lowest BCUT2D eigenvalue weighted by Gasteiger charge is -2.06. The maximum Gasteiger partial charge on any atom is 0.149 e. The van der Waals surface area contributed by atoms with Gasteiger partial charge in [-0.25, -0.2) is 0 Å². The molecule has 0 amide bonds. The molecule has 0 N–H and O–H groups in total. The zero-order valence-electron chi connectivity index (χ0n) is 10.1. The van der Waals surface area contributed by atoms with Gasteiger partial charge >= 0.3 is 0 Å². The van der Waals surface area contributed by atoms with Gasteiger partial charge in [0.1, 0.15) is 5.78 Å². The Morgan fingerprint density at radius 3 is 2.75 bits per heavy atom. The largest absolute Gasteiger partial charge is 0.340 e. The van der Waals surface area contributed by atoms with Gasteiger partial charge in [-0.1, -0.05) is 6.92 Å². The van der Waals surface area contributed by atoms with Crippen molar-refractivity contribution in [2.45, 2.75) is 33.7 Å². The molecule has 0 aliphatic rings. The van der Waals surface area contributed by atoms with Gasteiger partial charge in [-0.3, -0.25) is 4.79 Å². The summed E-state index contributed by atoms with van der Waals surface area (Å²) in [4.78, 5) is 11.2. The third-order valence-corrected chi connectivity index (χ3v) is 3.00. The van der Waals surface area contributed by atoms with Gasteiger partial charge in [0, 0.05) is 11.7 Å². The minimum absolute atomic E-state index is 0.191. The van der Waals surface area contributed by atoms with Crippen molar-refractivity contribution >= 4 is 16.7 Å². The number of benzene rings is 1. The van der Waals surface area contributed by atoms with Crippen LogP contribution in [-0.4, -0.2) is 10.4 Å². The Hall–Kier alpha value is -1.57. The smallest absolute Gasteiger partial charge is 0.149 e. The molecule has 0 fully saturated rings. The third-order valence-electron chi connectivity index (χ3n) is 3.00. The molecule has 2 aromatic rings. The lowest BCUT2D eigenvalue weighted by atomic mass is 10.0. The molecule has 16 heavy (non-hydrogen) atoms. The molecule has 0 atom stereocenters. The van der Waals surface area contributed by atoms with E-state index in [-0.39, 0.29) is 5.78 Å². The highest BCUT2D eigenvalue weighted by atomic mass is 16.1. The van der Waals surface area contributed by atoms with Gasteiger partial charge in [-0.15, -0.1) is 0 Å². The molecule has 0 radical (unpaired) electrons. The second kappa shape index (κ2) is 4.12. The van der Waals surface area contributed by atoms with Crippen LogP contribution in [0, 0.1) is 6.92 Å². The maximum atomic E-state index is 11.2. The van der Waals surface area contributed by atoms with Crippen molar-refractivity contribution in [3.63, 3.8) is 0 Å². The van der Waals surface area contributed by atoms with Crippen LogP contribution in [0.5, 0.6) is 0 Å². The number of nitrogens with zero attached hydrogens (tertiary/aromatic N) is 1. The van der Waals surface area contributed by atoms with E-state index in [1.807, 2.05) is 10.8 Å². The minimum atomic E-state index is 0.191. The highest BCUT2D eigenvalue weighted by Crippen LogP contribution is 2.21. The molecule has 0 aliphatic heterocycles. The van der Waals surface area contributed by atoms with E-state index in [4.69, 9.17) is 0 Å². The van der Waals surface area contributed by atoms with Crippen LogP contribution in [0.15, 0.2) is 24.4 Å². The number of ketones is 1. The summed E-state index contributed by atoms with van der Waals surface area (Å²) in [5, 5.41) is 1.22. The van der Waals surface area contributed by atoms with Crippen LogP contribution >= 0.6 is 0 Å². The van der Waals surface area contributed by atoms with Crippen LogP contribution in [0.25, 0.3) is 10.9 Å². The number of hydrogen-bond donors (Lipinski definition) is 0. The molecule has 2 heteroatoms. The molecule has 0 aliphatic carbocycles. The molecule has 1 heterocycles. The van der Waals surface area contributed by atoms with Crippen molar-refractivity contribution in [2.24, 2.45) is 0 Å². The zero-order valence-corrected chi connectivity index (χ0v) is 10.1. The molecule has 2 nitrogen and oxygen atoms in total. The van der Waals surface area contributed by atoms with Gasteiger partial charge in [-0.05, 0) is 55.0 Å². The van der Waals surface area contributed by atoms with E-state index in [0.717, 1.165) is 11.9 Å². The van der Waals surface area contributed by atoms with Gasteiger partial charge in [0.05, 0.1) is 6.54 Å². The van der Waals surface area contributed by atoms with Crippen LogP contribution in [0.1, 0.15) is 25.0 Å². The SMILES string of the molecule is CCc1cc2c(ccn2CC(C)=O)cc1C. The first-order valence-corrected chi connectivity index (χ1v) is 5.69. The van der Waals surface area contributed by atoms with Crippen molar-refractivity contribution in [1.82, 2.24) is 4.57 Å². The van der Waals surface area contributed by atoms with Gasteiger partial charge in [0.2, 0.25) is 0 Å². The van der Waals surface area contributed by atoms with Gasteiger partial charge in [-0.2, -0.15) is 0 Å². The molecule has 1 aromatic heterocycles. The molecule has 0 bridgehead atoms. The normalized spacial score (nSPS) is 10.9. The first kappa shape index (κ1) is 10.9. The second-order valence-corrected chi connectivity index (χ2v) is 4.34. The lowest BCUT2D eigenvalue weighted by molar-refractivity contribution is -0.117. The number of fused-ring (bicyclic) bond motifs is 1. The van der Waals surface area contributed by atoms with Crippen molar-refractivity contribution in [1.29, 1.82) is 0 Å². The first-order chi connectivity index (χ1) is 7.61. The van der Waals surface area contributed by atoms with Crippen molar-refractivity contribution in [3.8, 4) is 0 Å². The molecule has 84 valence electrons. The van der Waals surface area contributed by atoms with Crippen molar-refractivity contribution in [2.75, 3.05) is 0 Å². The van der Waals surface area contributed by atoms with Crippen molar-refractivity contribution in [3.05, 3.63) is 35.5 Å². The highest BCUT2D eigenvalue weighted by Gasteiger charge is 2.05. The molecule has 0 spiro atoms. The lowest BCUT2D eigenvalue weighted by Crippen LogP contribution is -2.04. The minimum Gasteiger partial charge on any atom is -0.340 e. The number of carbonyl (C=O) groups excluding carboxylic acids is 1. The average Bonchev–Trinajstić information content (AvgIpc) is 2.59. The third kappa shape index (κ3) is 1.87. The predicted octanol–water partition coefficient (Wildman–Crippen LogP) is 3.10.